The van der Waals surface area contributed by atoms with E-state index in [1.165, 1.54) is 0 Å². The second-order valence-corrected chi connectivity index (χ2v) is 6.54. The first-order valence-electron chi connectivity index (χ1n) is 5.61. The quantitative estimate of drug-likeness (QED) is 0.850. The van der Waals surface area contributed by atoms with Crippen molar-refractivity contribution in [3.05, 3.63) is 5.28 Å². The fourth-order valence-electron chi connectivity index (χ4n) is 1.63. The molecule has 1 saturated heterocycles. The highest BCUT2D eigenvalue weighted by Gasteiger charge is 2.24. The molecule has 1 aliphatic heterocycles. The number of nitrogens with zero attached hydrogens (tertiary/aromatic N) is 4. The minimum absolute atomic E-state index is 0.101. The van der Waals surface area contributed by atoms with Crippen LogP contribution in [0.25, 0.3) is 0 Å². The minimum Gasteiger partial charge on any atom is -0.354 e. The van der Waals surface area contributed by atoms with Crippen molar-refractivity contribution < 1.29 is 8.42 Å². The molecule has 0 aliphatic carbocycles. The lowest BCUT2D eigenvalue weighted by atomic mass is 10.5. The summed E-state index contributed by atoms with van der Waals surface area (Å²) in [5.74, 6) is 1.06. The van der Waals surface area contributed by atoms with Gasteiger partial charge in [-0.15, -0.1) is 0 Å². The lowest BCUT2D eigenvalue weighted by Crippen LogP contribution is -2.41. The zero-order chi connectivity index (χ0) is 13.2. The van der Waals surface area contributed by atoms with Gasteiger partial charge in [0.05, 0.1) is 11.5 Å². The molecule has 18 heavy (non-hydrogen) atoms. The molecule has 1 aromatic heterocycles. The number of rotatable bonds is 3. The average molecular weight is 292 g/mol. The van der Waals surface area contributed by atoms with Crippen LogP contribution in [-0.4, -0.2) is 54.5 Å². The Morgan fingerprint density at radius 3 is 2.56 bits per heavy atom. The first-order valence-corrected chi connectivity index (χ1v) is 7.81. The standard InChI is InChI=1S/C9H14ClN5O2S/c1-2-11-8-12-7(10)13-9(14-8)15-3-5-18(16,17)6-4-15/h2-6H2,1H3,(H,11,12,13,14). The van der Waals surface area contributed by atoms with E-state index in [0.717, 1.165) is 0 Å². The van der Waals surface area contributed by atoms with Crippen molar-refractivity contribution in [1.29, 1.82) is 0 Å². The Labute approximate surface area is 111 Å². The van der Waals surface area contributed by atoms with Crippen LogP contribution in [0.3, 0.4) is 0 Å². The average Bonchev–Trinajstić information content (AvgIpc) is 2.28. The Morgan fingerprint density at radius 1 is 1.28 bits per heavy atom. The van der Waals surface area contributed by atoms with Crippen molar-refractivity contribution in [1.82, 2.24) is 15.0 Å². The van der Waals surface area contributed by atoms with Crippen LogP contribution >= 0.6 is 11.6 Å². The number of hydrogen-bond donors (Lipinski definition) is 1. The Balaban J connectivity index is 2.18. The molecule has 0 bridgehead atoms. The topological polar surface area (TPSA) is 88.1 Å². The number of hydrogen-bond acceptors (Lipinski definition) is 7. The Bertz CT molecular complexity index is 522. The fourth-order valence-corrected chi connectivity index (χ4v) is 2.99. The Hall–Kier alpha value is -1.15. The molecular formula is C9H14ClN5O2S. The molecule has 100 valence electrons. The summed E-state index contributed by atoms with van der Waals surface area (Å²) >= 11 is 5.81. The molecule has 0 unspecified atom stereocenters. The first-order chi connectivity index (χ1) is 8.50. The fraction of sp³-hybridized carbons (Fsp3) is 0.667. The maximum atomic E-state index is 11.3. The molecule has 2 heterocycles. The number of nitrogens with one attached hydrogen (secondary N) is 1. The summed E-state index contributed by atoms with van der Waals surface area (Å²) in [5, 5.41) is 3.05. The van der Waals surface area contributed by atoms with E-state index in [2.05, 4.69) is 20.3 Å². The molecule has 9 heteroatoms. The third-order valence-electron chi connectivity index (χ3n) is 2.56. The van der Waals surface area contributed by atoms with Gasteiger partial charge in [0, 0.05) is 19.6 Å². The van der Waals surface area contributed by atoms with Gasteiger partial charge in [-0.25, -0.2) is 8.42 Å². The highest BCUT2D eigenvalue weighted by Crippen LogP contribution is 2.16. The maximum absolute atomic E-state index is 11.3. The molecule has 0 aromatic carbocycles. The minimum atomic E-state index is -2.92. The number of halogens is 1. The largest absolute Gasteiger partial charge is 0.354 e. The molecule has 1 aromatic rings. The van der Waals surface area contributed by atoms with Crippen LogP contribution in [-0.2, 0) is 9.84 Å². The van der Waals surface area contributed by atoms with E-state index >= 15 is 0 Å². The first kappa shape index (κ1) is 13.3. The van der Waals surface area contributed by atoms with Crippen molar-refractivity contribution in [2.45, 2.75) is 6.92 Å². The lowest BCUT2D eigenvalue weighted by molar-refractivity contribution is 0.585. The van der Waals surface area contributed by atoms with Crippen molar-refractivity contribution >= 4 is 33.3 Å². The van der Waals surface area contributed by atoms with Gasteiger partial charge in [-0.2, -0.15) is 15.0 Å². The molecule has 0 amide bonds. The summed E-state index contributed by atoms with van der Waals surface area (Å²) < 4.78 is 22.7. The summed E-state index contributed by atoms with van der Waals surface area (Å²) in [4.78, 5) is 14.0. The smallest absolute Gasteiger partial charge is 0.231 e. The third kappa shape index (κ3) is 3.20. The lowest BCUT2D eigenvalue weighted by Gasteiger charge is -2.26. The van der Waals surface area contributed by atoms with Crippen LogP contribution in [0.15, 0.2) is 0 Å². The van der Waals surface area contributed by atoms with Crippen LogP contribution in [0.2, 0.25) is 5.28 Å². The van der Waals surface area contributed by atoms with Gasteiger partial charge in [-0.05, 0) is 18.5 Å². The summed E-state index contributed by atoms with van der Waals surface area (Å²) in [6.07, 6.45) is 0. The molecule has 2 rings (SSSR count). The normalized spacial score (nSPS) is 18.7. The zero-order valence-electron chi connectivity index (χ0n) is 9.93. The summed E-state index contributed by atoms with van der Waals surface area (Å²) in [5.41, 5.74) is 0. The molecule has 1 aliphatic rings. The number of aromatic nitrogens is 3. The molecular weight excluding hydrogens is 278 g/mol. The maximum Gasteiger partial charge on any atom is 0.231 e. The van der Waals surface area contributed by atoms with Gasteiger partial charge in [0.2, 0.25) is 17.2 Å². The van der Waals surface area contributed by atoms with E-state index in [9.17, 15) is 8.42 Å². The van der Waals surface area contributed by atoms with E-state index in [0.29, 0.717) is 31.5 Å². The van der Waals surface area contributed by atoms with E-state index in [1.807, 2.05) is 6.92 Å². The van der Waals surface area contributed by atoms with Crippen molar-refractivity contribution in [2.75, 3.05) is 41.4 Å². The molecule has 7 nitrogen and oxygen atoms in total. The van der Waals surface area contributed by atoms with Crippen molar-refractivity contribution in [2.24, 2.45) is 0 Å². The van der Waals surface area contributed by atoms with Crippen molar-refractivity contribution in [3.8, 4) is 0 Å². The summed E-state index contributed by atoms with van der Waals surface area (Å²) in [6, 6.07) is 0. The van der Waals surface area contributed by atoms with E-state index in [4.69, 9.17) is 11.6 Å². The molecule has 1 N–H and O–H groups in total. The predicted molar refractivity (Wildman–Crippen MR) is 69.9 cm³/mol. The second-order valence-electron chi connectivity index (χ2n) is 3.90. The van der Waals surface area contributed by atoms with Crippen LogP contribution < -0.4 is 10.2 Å². The van der Waals surface area contributed by atoms with Crippen LogP contribution in [0.5, 0.6) is 0 Å². The number of anilines is 2. The van der Waals surface area contributed by atoms with E-state index in [1.54, 1.807) is 4.90 Å². The van der Waals surface area contributed by atoms with Gasteiger partial charge in [0.1, 0.15) is 0 Å². The van der Waals surface area contributed by atoms with Gasteiger partial charge < -0.3 is 10.2 Å². The molecule has 1 fully saturated rings. The van der Waals surface area contributed by atoms with Crippen LogP contribution in [0.1, 0.15) is 6.92 Å². The van der Waals surface area contributed by atoms with Gasteiger partial charge in [-0.1, -0.05) is 0 Å². The van der Waals surface area contributed by atoms with E-state index < -0.39 is 9.84 Å². The molecule has 0 saturated carbocycles. The molecule has 0 radical (unpaired) electrons. The van der Waals surface area contributed by atoms with Crippen LogP contribution in [0.4, 0.5) is 11.9 Å². The van der Waals surface area contributed by atoms with Crippen molar-refractivity contribution in [3.63, 3.8) is 0 Å². The van der Waals surface area contributed by atoms with Gasteiger partial charge in [-0.3, -0.25) is 0 Å². The molecule has 0 spiro atoms. The summed E-state index contributed by atoms with van der Waals surface area (Å²) in [6.45, 7) is 3.36. The van der Waals surface area contributed by atoms with E-state index in [-0.39, 0.29) is 16.8 Å². The molecule has 0 atom stereocenters. The zero-order valence-corrected chi connectivity index (χ0v) is 11.5. The monoisotopic (exact) mass is 291 g/mol. The van der Waals surface area contributed by atoms with Gasteiger partial charge in [0.15, 0.2) is 9.84 Å². The highest BCUT2D eigenvalue weighted by molar-refractivity contribution is 7.91. The number of sulfone groups is 1. The highest BCUT2D eigenvalue weighted by atomic mass is 35.5. The van der Waals surface area contributed by atoms with Crippen LogP contribution in [0, 0.1) is 0 Å². The Kier molecular flexibility index (Phi) is 3.86. The second kappa shape index (κ2) is 5.23. The third-order valence-corrected chi connectivity index (χ3v) is 4.34. The van der Waals surface area contributed by atoms with Gasteiger partial charge in [0.25, 0.3) is 0 Å². The predicted octanol–water partition coefficient (Wildman–Crippen LogP) is 0.192. The Morgan fingerprint density at radius 2 is 1.94 bits per heavy atom. The summed E-state index contributed by atoms with van der Waals surface area (Å²) in [7, 11) is -2.92. The SMILES string of the molecule is CCNc1nc(Cl)nc(N2CCS(=O)(=O)CC2)n1. The van der Waals surface area contributed by atoms with Gasteiger partial charge >= 0.3 is 0 Å².